The van der Waals surface area contributed by atoms with Crippen molar-refractivity contribution in [3.63, 3.8) is 0 Å². The number of rotatable bonds is 3. The van der Waals surface area contributed by atoms with E-state index in [9.17, 15) is 0 Å². The summed E-state index contributed by atoms with van der Waals surface area (Å²) in [6.45, 7) is 2.98. The number of methoxy groups -OCH3 is 1. The molecule has 2 unspecified atom stereocenters. The van der Waals surface area contributed by atoms with E-state index >= 15 is 0 Å². The molecule has 86 valence electrons. The van der Waals surface area contributed by atoms with E-state index in [1.54, 1.807) is 7.11 Å². The predicted molar refractivity (Wildman–Crippen MR) is 67.6 cm³/mol. The van der Waals surface area contributed by atoms with Gasteiger partial charge in [0.2, 0.25) is 0 Å². The largest absolute Gasteiger partial charge is 0.497 e. The van der Waals surface area contributed by atoms with Gasteiger partial charge in [-0.25, -0.2) is 0 Å². The molecule has 1 aliphatic carbocycles. The molecule has 0 amide bonds. The van der Waals surface area contributed by atoms with Crippen LogP contribution in [0.25, 0.3) is 6.08 Å². The van der Waals surface area contributed by atoms with Crippen LogP contribution in [-0.2, 0) is 0 Å². The molecular formula is C14H19NO. The maximum atomic E-state index is 5.69. The second kappa shape index (κ2) is 4.71. The van der Waals surface area contributed by atoms with Gasteiger partial charge in [0, 0.05) is 0 Å². The quantitative estimate of drug-likeness (QED) is 0.845. The molecule has 16 heavy (non-hydrogen) atoms. The Kier molecular flexibility index (Phi) is 3.30. The SMILES string of the molecule is COc1ccc2c(c1)C(CCN)C(C)C=C2. The van der Waals surface area contributed by atoms with Gasteiger partial charge in [-0.3, -0.25) is 0 Å². The van der Waals surface area contributed by atoms with Crippen LogP contribution in [0.1, 0.15) is 30.4 Å². The Morgan fingerprint density at radius 3 is 2.88 bits per heavy atom. The van der Waals surface area contributed by atoms with Crippen molar-refractivity contribution in [1.82, 2.24) is 0 Å². The maximum Gasteiger partial charge on any atom is 0.119 e. The average Bonchev–Trinajstić information content (AvgIpc) is 2.32. The van der Waals surface area contributed by atoms with Crippen LogP contribution < -0.4 is 10.5 Å². The molecule has 2 atom stereocenters. The Morgan fingerprint density at radius 2 is 2.19 bits per heavy atom. The number of ether oxygens (including phenoxy) is 1. The van der Waals surface area contributed by atoms with Crippen molar-refractivity contribution in [2.24, 2.45) is 11.7 Å². The molecule has 2 nitrogen and oxygen atoms in total. The van der Waals surface area contributed by atoms with Gasteiger partial charge in [0.15, 0.2) is 0 Å². The Morgan fingerprint density at radius 1 is 1.38 bits per heavy atom. The zero-order chi connectivity index (χ0) is 11.5. The number of benzene rings is 1. The number of nitrogens with two attached hydrogens (primary N) is 1. The van der Waals surface area contributed by atoms with Gasteiger partial charge in [0.05, 0.1) is 7.11 Å². The summed E-state index contributed by atoms with van der Waals surface area (Å²) in [6, 6.07) is 6.29. The molecule has 0 saturated heterocycles. The maximum absolute atomic E-state index is 5.69. The lowest BCUT2D eigenvalue weighted by molar-refractivity contribution is 0.412. The Labute approximate surface area is 97.1 Å². The molecule has 0 saturated carbocycles. The van der Waals surface area contributed by atoms with E-state index < -0.39 is 0 Å². The average molecular weight is 217 g/mol. The molecule has 2 rings (SSSR count). The molecule has 1 aromatic carbocycles. The zero-order valence-electron chi connectivity index (χ0n) is 9.94. The number of allylic oxidation sites excluding steroid dienone is 1. The van der Waals surface area contributed by atoms with E-state index in [0.717, 1.165) is 18.7 Å². The molecule has 0 aromatic heterocycles. The van der Waals surface area contributed by atoms with Crippen molar-refractivity contribution < 1.29 is 4.74 Å². The Balaban J connectivity index is 2.40. The van der Waals surface area contributed by atoms with Crippen LogP contribution in [0.2, 0.25) is 0 Å². The Bertz CT molecular complexity index is 398. The van der Waals surface area contributed by atoms with Gasteiger partial charge < -0.3 is 10.5 Å². The van der Waals surface area contributed by atoms with Gasteiger partial charge in [0.25, 0.3) is 0 Å². The molecule has 2 N–H and O–H groups in total. The van der Waals surface area contributed by atoms with Gasteiger partial charge >= 0.3 is 0 Å². The first-order valence-electron chi connectivity index (χ1n) is 5.82. The predicted octanol–water partition coefficient (Wildman–Crippen LogP) is 2.79. The monoisotopic (exact) mass is 217 g/mol. The van der Waals surface area contributed by atoms with Crippen molar-refractivity contribution in [2.75, 3.05) is 13.7 Å². The van der Waals surface area contributed by atoms with Crippen LogP contribution in [0.4, 0.5) is 0 Å². The van der Waals surface area contributed by atoms with E-state index in [-0.39, 0.29) is 0 Å². The van der Waals surface area contributed by atoms with Crippen molar-refractivity contribution >= 4 is 6.08 Å². The molecule has 0 spiro atoms. The van der Waals surface area contributed by atoms with E-state index in [1.165, 1.54) is 11.1 Å². The van der Waals surface area contributed by atoms with Crippen molar-refractivity contribution in [3.05, 3.63) is 35.4 Å². The molecular weight excluding hydrogens is 198 g/mol. The highest BCUT2D eigenvalue weighted by atomic mass is 16.5. The van der Waals surface area contributed by atoms with E-state index in [2.05, 4.69) is 31.2 Å². The lowest BCUT2D eigenvalue weighted by atomic mass is 9.78. The molecule has 0 aliphatic heterocycles. The first-order chi connectivity index (χ1) is 7.76. The third-order valence-electron chi connectivity index (χ3n) is 3.39. The lowest BCUT2D eigenvalue weighted by Gasteiger charge is -2.27. The second-order valence-electron chi connectivity index (χ2n) is 4.40. The molecule has 0 bridgehead atoms. The van der Waals surface area contributed by atoms with Gasteiger partial charge in [0.1, 0.15) is 5.75 Å². The van der Waals surface area contributed by atoms with E-state index in [1.807, 2.05) is 6.07 Å². The Hall–Kier alpha value is -1.28. The minimum atomic E-state index is 0.528. The third-order valence-corrected chi connectivity index (χ3v) is 3.39. The van der Waals surface area contributed by atoms with E-state index in [0.29, 0.717) is 11.8 Å². The zero-order valence-corrected chi connectivity index (χ0v) is 9.94. The summed E-state index contributed by atoms with van der Waals surface area (Å²) < 4.78 is 5.29. The first-order valence-corrected chi connectivity index (χ1v) is 5.82. The number of fused-ring (bicyclic) bond motifs is 1. The van der Waals surface area contributed by atoms with Gasteiger partial charge in [-0.1, -0.05) is 25.1 Å². The van der Waals surface area contributed by atoms with Gasteiger partial charge in [-0.05, 0) is 48.1 Å². The third kappa shape index (κ3) is 1.98. The first kappa shape index (κ1) is 11.2. The highest BCUT2D eigenvalue weighted by molar-refractivity contribution is 5.60. The summed E-state index contributed by atoms with van der Waals surface area (Å²) in [5.41, 5.74) is 8.37. The van der Waals surface area contributed by atoms with Crippen LogP contribution in [0.5, 0.6) is 5.75 Å². The smallest absolute Gasteiger partial charge is 0.119 e. The highest BCUT2D eigenvalue weighted by Gasteiger charge is 2.22. The van der Waals surface area contributed by atoms with Crippen LogP contribution in [0, 0.1) is 5.92 Å². The molecule has 1 aromatic rings. The summed E-state index contributed by atoms with van der Waals surface area (Å²) in [5, 5.41) is 0. The van der Waals surface area contributed by atoms with Crippen molar-refractivity contribution in [3.8, 4) is 5.75 Å². The number of hydrogen-bond donors (Lipinski definition) is 1. The minimum Gasteiger partial charge on any atom is -0.497 e. The summed E-state index contributed by atoms with van der Waals surface area (Å²) in [6.07, 6.45) is 5.51. The fourth-order valence-corrected chi connectivity index (χ4v) is 2.42. The highest BCUT2D eigenvalue weighted by Crippen LogP contribution is 2.37. The van der Waals surface area contributed by atoms with Gasteiger partial charge in [-0.2, -0.15) is 0 Å². The standard InChI is InChI=1S/C14H19NO/c1-10-3-4-11-5-6-12(16-2)9-14(11)13(10)7-8-15/h3-6,9-10,13H,7-8,15H2,1-2H3. The summed E-state index contributed by atoms with van der Waals surface area (Å²) in [5.74, 6) is 2.02. The summed E-state index contributed by atoms with van der Waals surface area (Å²) >= 11 is 0. The van der Waals surface area contributed by atoms with E-state index in [4.69, 9.17) is 10.5 Å². The molecule has 0 heterocycles. The lowest BCUT2D eigenvalue weighted by Crippen LogP contribution is -2.16. The van der Waals surface area contributed by atoms with Crippen molar-refractivity contribution in [2.45, 2.75) is 19.3 Å². The molecule has 0 radical (unpaired) electrons. The van der Waals surface area contributed by atoms with Crippen LogP contribution >= 0.6 is 0 Å². The van der Waals surface area contributed by atoms with Gasteiger partial charge in [-0.15, -0.1) is 0 Å². The summed E-state index contributed by atoms with van der Waals surface area (Å²) in [4.78, 5) is 0. The van der Waals surface area contributed by atoms with Crippen molar-refractivity contribution in [1.29, 1.82) is 0 Å². The minimum absolute atomic E-state index is 0.528. The van der Waals surface area contributed by atoms with Crippen LogP contribution in [0.3, 0.4) is 0 Å². The normalized spacial score (nSPS) is 22.9. The van der Waals surface area contributed by atoms with Crippen LogP contribution in [0.15, 0.2) is 24.3 Å². The number of hydrogen-bond acceptors (Lipinski definition) is 2. The molecule has 1 aliphatic rings. The topological polar surface area (TPSA) is 35.2 Å². The second-order valence-corrected chi connectivity index (χ2v) is 4.40. The summed E-state index contributed by atoms with van der Waals surface area (Å²) in [7, 11) is 1.71. The van der Waals surface area contributed by atoms with Crippen LogP contribution in [-0.4, -0.2) is 13.7 Å². The fraction of sp³-hybridized carbons (Fsp3) is 0.429. The molecule has 0 fully saturated rings. The fourth-order valence-electron chi connectivity index (χ4n) is 2.42. The molecule has 2 heteroatoms.